The number of thiazole rings is 1. The molecule has 2 heterocycles. The molecule has 204 valence electrons. The molecule has 1 atom stereocenters. The summed E-state index contributed by atoms with van der Waals surface area (Å²) >= 11 is 1.16. The first kappa shape index (κ1) is 27.7. The van der Waals surface area contributed by atoms with Gasteiger partial charge in [-0.2, -0.15) is 0 Å². The Kier molecular flexibility index (Phi) is 8.55. The summed E-state index contributed by atoms with van der Waals surface area (Å²) in [5.74, 6) is 0.630. The van der Waals surface area contributed by atoms with E-state index in [9.17, 15) is 14.7 Å². The maximum atomic E-state index is 13.8. The van der Waals surface area contributed by atoms with E-state index in [4.69, 9.17) is 18.9 Å². The van der Waals surface area contributed by atoms with Gasteiger partial charge in [0.25, 0.3) is 5.56 Å². The summed E-state index contributed by atoms with van der Waals surface area (Å²) in [6.45, 7) is 9.82. The number of benzene rings is 2. The summed E-state index contributed by atoms with van der Waals surface area (Å²) in [4.78, 5) is 32.0. The van der Waals surface area contributed by atoms with Gasteiger partial charge in [-0.05, 0) is 50.6 Å². The Balaban J connectivity index is 1.95. The molecule has 4 rings (SSSR count). The number of hydrogen-bond acceptors (Lipinski definition) is 9. The molecule has 1 unspecified atom stereocenters. The zero-order chi connectivity index (χ0) is 28.1. The van der Waals surface area contributed by atoms with Crippen LogP contribution >= 0.6 is 11.3 Å². The average molecular weight is 551 g/mol. The van der Waals surface area contributed by atoms with Gasteiger partial charge in [0.2, 0.25) is 0 Å². The minimum atomic E-state index is -0.825. The number of carbonyl (C=O) groups is 1. The molecular formula is C29H30N2O7S. The number of esters is 1. The van der Waals surface area contributed by atoms with Crippen LogP contribution in [-0.4, -0.2) is 42.6 Å². The summed E-state index contributed by atoms with van der Waals surface area (Å²) < 4.78 is 23.9. The lowest BCUT2D eigenvalue weighted by Gasteiger charge is -2.25. The summed E-state index contributed by atoms with van der Waals surface area (Å²) in [6.07, 6.45) is 3.21. The number of para-hydroxylation sites is 1. The van der Waals surface area contributed by atoms with Crippen molar-refractivity contribution >= 4 is 23.4 Å². The maximum absolute atomic E-state index is 13.8. The third kappa shape index (κ3) is 5.46. The SMILES string of the molecule is C=CCOc1ccc(C2C(C(=O)OCC)=C(C)N=c3s/c(=C\c4cccc(OC)c4O)c(=O)n32)cc1OCC. The van der Waals surface area contributed by atoms with Crippen LogP contribution < -0.4 is 29.1 Å². The molecule has 0 bridgehead atoms. The van der Waals surface area contributed by atoms with Crippen molar-refractivity contribution in [3.63, 3.8) is 0 Å². The van der Waals surface area contributed by atoms with Crippen molar-refractivity contribution in [1.29, 1.82) is 0 Å². The van der Waals surface area contributed by atoms with Gasteiger partial charge in [-0.15, -0.1) is 0 Å². The van der Waals surface area contributed by atoms with Crippen molar-refractivity contribution in [1.82, 2.24) is 4.57 Å². The van der Waals surface area contributed by atoms with E-state index in [0.29, 0.717) is 50.9 Å². The summed E-state index contributed by atoms with van der Waals surface area (Å²) in [6, 6.07) is 9.49. The van der Waals surface area contributed by atoms with Crippen LogP contribution in [0, 0.1) is 0 Å². The summed E-state index contributed by atoms with van der Waals surface area (Å²) in [7, 11) is 1.45. The van der Waals surface area contributed by atoms with Crippen LogP contribution in [0.1, 0.15) is 37.9 Å². The number of fused-ring (bicyclic) bond motifs is 1. The standard InChI is InChI=1S/C29H30N2O7S/c1-6-14-38-20-13-12-18(15-22(20)36-7-2)25-24(28(34)37-8-3)17(4)30-29-31(25)27(33)23(39-29)16-19-10-9-11-21(35-5)26(19)32/h6,9-13,15-16,25,32H,1,7-8,14H2,2-5H3/b23-16-. The molecule has 3 aromatic rings. The van der Waals surface area contributed by atoms with Crippen molar-refractivity contribution in [2.45, 2.75) is 26.8 Å². The van der Waals surface area contributed by atoms with Crippen LogP contribution in [0.5, 0.6) is 23.0 Å². The van der Waals surface area contributed by atoms with Crippen molar-refractivity contribution in [2.75, 3.05) is 26.9 Å². The second-order valence-electron chi connectivity index (χ2n) is 8.44. The fraction of sp³-hybridized carbons (Fsp3) is 0.276. The molecule has 10 heteroatoms. The largest absolute Gasteiger partial charge is 0.504 e. The van der Waals surface area contributed by atoms with Crippen LogP contribution in [0.25, 0.3) is 6.08 Å². The van der Waals surface area contributed by atoms with Crippen molar-refractivity contribution < 1.29 is 28.8 Å². The van der Waals surface area contributed by atoms with E-state index in [1.807, 2.05) is 6.92 Å². The van der Waals surface area contributed by atoms with Gasteiger partial charge in [-0.25, -0.2) is 9.79 Å². The van der Waals surface area contributed by atoms with E-state index >= 15 is 0 Å². The fourth-order valence-electron chi connectivity index (χ4n) is 4.30. The molecule has 1 aliphatic rings. The number of hydrogen-bond donors (Lipinski definition) is 1. The van der Waals surface area contributed by atoms with Gasteiger partial charge < -0.3 is 24.1 Å². The van der Waals surface area contributed by atoms with E-state index in [2.05, 4.69) is 11.6 Å². The predicted octanol–water partition coefficient (Wildman–Crippen LogP) is 3.48. The third-order valence-corrected chi connectivity index (χ3v) is 6.98. The minimum Gasteiger partial charge on any atom is -0.504 e. The predicted molar refractivity (Wildman–Crippen MR) is 148 cm³/mol. The van der Waals surface area contributed by atoms with Crippen molar-refractivity contribution in [2.24, 2.45) is 4.99 Å². The Morgan fingerprint density at radius 1 is 1.15 bits per heavy atom. The Hall–Kier alpha value is -4.31. The Labute approximate surface area is 229 Å². The van der Waals surface area contributed by atoms with E-state index < -0.39 is 12.0 Å². The fourth-order valence-corrected chi connectivity index (χ4v) is 5.34. The van der Waals surface area contributed by atoms with E-state index in [-0.39, 0.29) is 29.2 Å². The number of ether oxygens (including phenoxy) is 4. The van der Waals surface area contributed by atoms with Gasteiger partial charge in [-0.3, -0.25) is 9.36 Å². The lowest BCUT2D eigenvalue weighted by molar-refractivity contribution is -0.139. The van der Waals surface area contributed by atoms with Crippen LogP contribution in [0.15, 0.2) is 70.1 Å². The van der Waals surface area contributed by atoms with Crippen LogP contribution in [0.3, 0.4) is 0 Å². The number of carbonyl (C=O) groups excluding carboxylic acids is 1. The average Bonchev–Trinajstić information content (AvgIpc) is 3.22. The lowest BCUT2D eigenvalue weighted by atomic mass is 9.95. The number of nitrogens with zero attached hydrogens (tertiary/aromatic N) is 2. The number of aromatic hydroxyl groups is 1. The zero-order valence-electron chi connectivity index (χ0n) is 22.2. The van der Waals surface area contributed by atoms with Crippen LogP contribution in [0.4, 0.5) is 0 Å². The molecule has 0 aliphatic carbocycles. The third-order valence-electron chi connectivity index (χ3n) is 5.99. The van der Waals surface area contributed by atoms with Gasteiger partial charge >= 0.3 is 5.97 Å². The Morgan fingerprint density at radius 2 is 1.95 bits per heavy atom. The number of rotatable bonds is 10. The highest BCUT2D eigenvalue weighted by Gasteiger charge is 2.34. The van der Waals surface area contributed by atoms with Gasteiger partial charge in [0.15, 0.2) is 27.8 Å². The number of methoxy groups -OCH3 is 1. The second-order valence-corrected chi connectivity index (χ2v) is 9.45. The zero-order valence-corrected chi connectivity index (χ0v) is 23.0. The molecule has 0 saturated carbocycles. The monoisotopic (exact) mass is 550 g/mol. The van der Waals surface area contributed by atoms with Gasteiger partial charge in [0.05, 0.1) is 42.2 Å². The van der Waals surface area contributed by atoms with E-state index in [0.717, 1.165) is 11.3 Å². The molecule has 1 N–H and O–H groups in total. The topological polar surface area (TPSA) is 109 Å². The highest BCUT2D eigenvalue weighted by Crippen LogP contribution is 2.36. The summed E-state index contributed by atoms with van der Waals surface area (Å²) in [5.41, 5.74) is 1.37. The van der Waals surface area contributed by atoms with Crippen LogP contribution in [-0.2, 0) is 9.53 Å². The minimum absolute atomic E-state index is 0.0813. The van der Waals surface area contributed by atoms with Crippen LogP contribution in [0.2, 0.25) is 0 Å². The quantitative estimate of drug-likeness (QED) is 0.304. The molecular weight excluding hydrogens is 520 g/mol. The van der Waals surface area contributed by atoms with Gasteiger partial charge in [0, 0.05) is 5.56 Å². The van der Waals surface area contributed by atoms with E-state index in [1.165, 1.54) is 11.7 Å². The molecule has 9 nitrogen and oxygen atoms in total. The Bertz CT molecular complexity index is 1620. The molecule has 1 aliphatic heterocycles. The maximum Gasteiger partial charge on any atom is 0.338 e. The molecule has 0 spiro atoms. The molecule has 0 amide bonds. The smallest absolute Gasteiger partial charge is 0.338 e. The first-order valence-electron chi connectivity index (χ1n) is 12.4. The number of aromatic nitrogens is 1. The summed E-state index contributed by atoms with van der Waals surface area (Å²) in [5, 5.41) is 10.6. The molecule has 39 heavy (non-hydrogen) atoms. The number of allylic oxidation sites excluding steroid dienone is 1. The normalized spacial score (nSPS) is 14.9. The lowest BCUT2D eigenvalue weighted by Crippen LogP contribution is -2.40. The number of phenolic OH excluding ortho intramolecular Hbond substituents is 1. The molecule has 0 saturated heterocycles. The Morgan fingerprint density at radius 3 is 2.64 bits per heavy atom. The van der Waals surface area contributed by atoms with Gasteiger partial charge in [-0.1, -0.05) is 42.2 Å². The molecule has 2 aromatic carbocycles. The second kappa shape index (κ2) is 12.0. The van der Waals surface area contributed by atoms with Gasteiger partial charge in [0.1, 0.15) is 6.61 Å². The molecule has 1 aromatic heterocycles. The molecule has 0 radical (unpaired) electrons. The van der Waals surface area contributed by atoms with Crippen molar-refractivity contribution in [3.05, 3.63) is 91.1 Å². The first-order chi connectivity index (χ1) is 18.8. The van der Waals surface area contributed by atoms with Crippen molar-refractivity contribution in [3.8, 4) is 23.0 Å². The van der Waals surface area contributed by atoms with E-state index in [1.54, 1.807) is 62.4 Å². The first-order valence-corrected chi connectivity index (χ1v) is 13.2. The number of phenols is 1. The molecule has 0 fully saturated rings. The highest BCUT2D eigenvalue weighted by atomic mass is 32.1. The highest BCUT2D eigenvalue weighted by molar-refractivity contribution is 7.07.